The van der Waals surface area contributed by atoms with E-state index < -0.39 is 0 Å². The van der Waals surface area contributed by atoms with Crippen LogP contribution in [0, 0.1) is 5.41 Å². The lowest BCUT2D eigenvalue weighted by molar-refractivity contribution is 0.128. The van der Waals surface area contributed by atoms with Gasteiger partial charge in [0.2, 0.25) is 0 Å². The molecule has 1 aromatic rings. The number of piperidine rings is 1. The largest absolute Gasteiger partial charge is 0.374 e. The number of likely N-dealkylation sites (tertiary alicyclic amines) is 1. The van der Waals surface area contributed by atoms with E-state index in [1.807, 2.05) is 6.92 Å². The van der Waals surface area contributed by atoms with Crippen LogP contribution in [0.4, 0.5) is 5.82 Å². The van der Waals surface area contributed by atoms with Gasteiger partial charge in [0.15, 0.2) is 5.82 Å². The van der Waals surface area contributed by atoms with E-state index in [9.17, 15) is 0 Å². The zero-order valence-electron chi connectivity index (χ0n) is 13.2. The number of nitrogens with one attached hydrogen (secondary N) is 1. The summed E-state index contributed by atoms with van der Waals surface area (Å²) in [5.41, 5.74) is 0.310. The SMILES string of the molecule is CCOCc1nc(Cl)cc(NCC2(C)CCN(C)CC2)n1. The van der Waals surface area contributed by atoms with E-state index in [2.05, 4.69) is 34.2 Å². The normalized spacial score (nSPS) is 18.7. The number of ether oxygens (including phenoxy) is 1. The fourth-order valence-electron chi connectivity index (χ4n) is 2.45. The molecule has 2 rings (SSSR count). The Bertz CT molecular complexity index is 461. The smallest absolute Gasteiger partial charge is 0.158 e. The zero-order chi connectivity index (χ0) is 15.3. The molecule has 118 valence electrons. The molecule has 0 amide bonds. The molecule has 1 N–H and O–H groups in total. The minimum Gasteiger partial charge on any atom is -0.374 e. The maximum Gasteiger partial charge on any atom is 0.158 e. The van der Waals surface area contributed by atoms with Gasteiger partial charge in [0, 0.05) is 19.2 Å². The third-order valence-electron chi connectivity index (χ3n) is 4.07. The molecule has 1 fully saturated rings. The standard InChI is InChI=1S/C15H25ClN4O/c1-4-21-10-14-18-12(16)9-13(19-14)17-11-15(2)5-7-20(3)8-6-15/h9H,4-8,10-11H2,1-3H3,(H,17,18,19). The van der Waals surface area contributed by atoms with Gasteiger partial charge in [-0.05, 0) is 45.3 Å². The highest BCUT2D eigenvalue weighted by molar-refractivity contribution is 6.29. The molecular weight excluding hydrogens is 288 g/mol. The van der Waals surface area contributed by atoms with E-state index in [0.717, 1.165) is 25.5 Å². The summed E-state index contributed by atoms with van der Waals surface area (Å²) >= 11 is 6.05. The van der Waals surface area contributed by atoms with Crippen LogP contribution in [0.2, 0.25) is 5.15 Å². The lowest BCUT2D eigenvalue weighted by Gasteiger charge is -2.38. The summed E-state index contributed by atoms with van der Waals surface area (Å²) in [4.78, 5) is 11.0. The summed E-state index contributed by atoms with van der Waals surface area (Å²) in [6.07, 6.45) is 2.39. The topological polar surface area (TPSA) is 50.3 Å². The highest BCUT2D eigenvalue weighted by Crippen LogP contribution is 2.30. The van der Waals surface area contributed by atoms with E-state index in [1.54, 1.807) is 6.07 Å². The highest BCUT2D eigenvalue weighted by atomic mass is 35.5. The molecule has 1 aliphatic heterocycles. The van der Waals surface area contributed by atoms with Crippen molar-refractivity contribution in [3.8, 4) is 0 Å². The Balaban J connectivity index is 1.94. The first-order chi connectivity index (χ1) is 10.0. The molecule has 2 heterocycles. The first kappa shape index (κ1) is 16.5. The summed E-state index contributed by atoms with van der Waals surface area (Å²) in [6.45, 7) is 8.53. The molecule has 0 aromatic carbocycles. The van der Waals surface area contributed by atoms with Gasteiger partial charge in [-0.3, -0.25) is 0 Å². The van der Waals surface area contributed by atoms with Crippen LogP contribution in [-0.2, 0) is 11.3 Å². The third kappa shape index (κ3) is 5.09. The predicted molar refractivity (Wildman–Crippen MR) is 85.7 cm³/mol. The molecule has 0 atom stereocenters. The van der Waals surface area contributed by atoms with Crippen LogP contribution in [0.5, 0.6) is 0 Å². The highest BCUT2D eigenvalue weighted by Gasteiger charge is 2.28. The molecule has 0 saturated carbocycles. The van der Waals surface area contributed by atoms with Crippen molar-refractivity contribution in [2.24, 2.45) is 5.41 Å². The quantitative estimate of drug-likeness (QED) is 0.819. The first-order valence-corrected chi connectivity index (χ1v) is 7.92. The fourth-order valence-corrected chi connectivity index (χ4v) is 2.65. The van der Waals surface area contributed by atoms with Gasteiger partial charge in [0.1, 0.15) is 17.6 Å². The Labute approximate surface area is 132 Å². The van der Waals surface area contributed by atoms with Gasteiger partial charge in [0.05, 0.1) is 0 Å². The summed E-state index contributed by atoms with van der Waals surface area (Å²) in [5, 5.41) is 3.87. The molecule has 1 aromatic heterocycles. The van der Waals surface area contributed by atoms with Crippen molar-refractivity contribution in [1.29, 1.82) is 0 Å². The summed E-state index contributed by atoms with van der Waals surface area (Å²) in [5.74, 6) is 1.41. The molecule has 21 heavy (non-hydrogen) atoms. The molecular formula is C15H25ClN4O. The minimum atomic E-state index is 0.310. The lowest BCUT2D eigenvalue weighted by Crippen LogP contribution is -2.40. The van der Waals surface area contributed by atoms with E-state index in [4.69, 9.17) is 16.3 Å². The van der Waals surface area contributed by atoms with Crippen molar-refractivity contribution in [2.45, 2.75) is 33.3 Å². The van der Waals surface area contributed by atoms with Gasteiger partial charge in [0.25, 0.3) is 0 Å². The molecule has 0 aliphatic carbocycles. The fraction of sp³-hybridized carbons (Fsp3) is 0.733. The van der Waals surface area contributed by atoms with E-state index in [-0.39, 0.29) is 0 Å². The molecule has 1 aliphatic rings. The predicted octanol–water partition coefficient (Wildman–Crippen LogP) is 2.81. The van der Waals surface area contributed by atoms with Crippen molar-refractivity contribution in [1.82, 2.24) is 14.9 Å². The number of anilines is 1. The van der Waals surface area contributed by atoms with Gasteiger partial charge in [-0.2, -0.15) is 0 Å². The Morgan fingerprint density at radius 2 is 2.10 bits per heavy atom. The van der Waals surface area contributed by atoms with Crippen LogP contribution < -0.4 is 5.32 Å². The summed E-state index contributed by atoms with van der Waals surface area (Å²) in [6, 6.07) is 1.77. The van der Waals surface area contributed by atoms with Crippen molar-refractivity contribution in [2.75, 3.05) is 38.6 Å². The summed E-state index contributed by atoms with van der Waals surface area (Å²) < 4.78 is 5.34. The summed E-state index contributed by atoms with van der Waals surface area (Å²) in [7, 11) is 2.18. The van der Waals surface area contributed by atoms with Crippen LogP contribution in [0.3, 0.4) is 0 Å². The van der Waals surface area contributed by atoms with Crippen molar-refractivity contribution < 1.29 is 4.74 Å². The minimum absolute atomic E-state index is 0.310. The first-order valence-electron chi connectivity index (χ1n) is 7.54. The number of rotatable bonds is 6. The maximum absolute atomic E-state index is 6.05. The lowest BCUT2D eigenvalue weighted by atomic mass is 9.80. The van der Waals surface area contributed by atoms with Crippen molar-refractivity contribution >= 4 is 17.4 Å². The molecule has 5 nitrogen and oxygen atoms in total. The number of aromatic nitrogens is 2. The average Bonchev–Trinajstić information content (AvgIpc) is 2.46. The van der Waals surface area contributed by atoms with Crippen LogP contribution in [-0.4, -0.2) is 48.2 Å². The van der Waals surface area contributed by atoms with Gasteiger partial charge in [-0.15, -0.1) is 0 Å². The van der Waals surface area contributed by atoms with Gasteiger partial charge in [-0.1, -0.05) is 18.5 Å². The third-order valence-corrected chi connectivity index (χ3v) is 4.26. The van der Waals surface area contributed by atoms with Gasteiger partial charge < -0.3 is 15.0 Å². The number of hydrogen-bond acceptors (Lipinski definition) is 5. The Kier molecular flexibility index (Phi) is 5.79. The monoisotopic (exact) mass is 312 g/mol. The molecule has 0 radical (unpaired) electrons. The Hall–Kier alpha value is -0.910. The van der Waals surface area contributed by atoms with Crippen LogP contribution in [0.1, 0.15) is 32.5 Å². The number of nitrogens with zero attached hydrogens (tertiary/aromatic N) is 3. The van der Waals surface area contributed by atoms with Crippen LogP contribution in [0.15, 0.2) is 6.07 Å². The van der Waals surface area contributed by atoms with Crippen LogP contribution >= 0.6 is 11.6 Å². The Morgan fingerprint density at radius 3 is 2.76 bits per heavy atom. The number of halogens is 1. The zero-order valence-corrected chi connectivity index (χ0v) is 13.9. The van der Waals surface area contributed by atoms with Crippen molar-refractivity contribution in [3.05, 3.63) is 17.0 Å². The van der Waals surface area contributed by atoms with Gasteiger partial charge in [-0.25, -0.2) is 9.97 Å². The molecule has 6 heteroatoms. The molecule has 0 bridgehead atoms. The second kappa shape index (κ2) is 7.38. The van der Waals surface area contributed by atoms with E-state index in [0.29, 0.717) is 29.6 Å². The molecule has 0 spiro atoms. The second-order valence-electron chi connectivity index (χ2n) is 6.10. The average molecular weight is 313 g/mol. The maximum atomic E-state index is 6.05. The number of hydrogen-bond donors (Lipinski definition) is 1. The Morgan fingerprint density at radius 1 is 1.38 bits per heavy atom. The molecule has 1 saturated heterocycles. The van der Waals surface area contributed by atoms with E-state index in [1.165, 1.54) is 12.8 Å². The van der Waals surface area contributed by atoms with Crippen molar-refractivity contribution in [3.63, 3.8) is 0 Å². The van der Waals surface area contributed by atoms with Gasteiger partial charge >= 0.3 is 0 Å². The van der Waals surface area contributed by atoms with E-state index >= 15 is 0 Å². The van der Waals surface area contributed by atoms with Crippen LogP contribution in [0.25, 0.3) is 0 Å². The second-order valence-corrected chi connectivity index (χ2v) is 6.48. The molecule has 0 unspecified atom stereocenters.